The number of anilines is 4. The lowest BCUT2D eigenvalue weighted by molar-refractivity contribution is -0.140. The zero-order valence-corrected chi connectivity index (χ0v) is 15.5. The number of nitrogens with one attached hydrogen (secondary N) is 4. The molecule has 0 spiro atoms. The summed E-state index contributed by atoms with van der Waals surface area (Å²) in [5, 5.41) is 16.1. The third kappa shape index (κ3) is 5.41. The second kappa shape index (κ2) is 8.69. The predicted octanol–water partition coefficient (Wildman–Crippen LogP) is -0.188. The van der Waals surface area contributed by atoms with Crippen LogP contribution in [0, 0.1) is 5.92 Å². The molecular weight excluding hydrogens is 384 g/mol. The van der Waals surface area contributed by atoms with Gasteiger partial charge in [-0.3, -0.25) is 19.9 Å². The smallest absolute Gasteiger partial charge is 0.326 e. The van der Waals surface area contributed by atoms with Crippen LogP contribution in [0.25, 0.3) is 0 Å². The molecule has 154 valence electrons. The number of nitrogens with zero attached hydrogens (tertiary/aromatic N) is 2. The van der Waals surface area contributed by atoms with Gasteiger partial charge in [-0.1, -0.05) is 13.8 Å². The molecule has 0 aromatic carbocycles. The van der Waals surface area contributed by atoms with E-state index in [9.17, 15) is 19.2 Å². The number of carboxylic acids is 1. The van der Waals surface area contributed by atoms with Crippen molar-refractivity contribution in [2.45, 2.75) is 19.9 Å². The van der Waals surface area contributed by atoms with Gasteiger partial charge < -0.3 is 27.2 Å². The second-order valence-corrected chi connectivity index (χ2v) is 6.26. The highest BCUT2D eigenvalue weighted by molar-refractivity contribution is 6.01. The molecule has 0 aliphatic rings. The van der Waals surface area contributed by atoms with E-state index in [2.05, 4.69) is 30.9 Å². The molecule has 2 heterocycles. The Morgan fingerprint density at radius 3 is 2.38 bits per heavy atom. The van der Waals surface area contributed by atoms with E-state index >= 15 is 0 Å². The molecule has 13 heteroatoms. The number of aromatic nitrogens is 3. The summed E-state index contributed by atoms with van der Waals surface area (Å²) in [6, 6.07) is 0.806. The molecule has 1 atom stereocenters. The van der Waals surface area contributed by atoms with Gasteiger partial charge in [-0.2, -0.15) is 4.98 Å². The minimum atomic E-state index is -1.16. The fourth-order valence-corrected chi connectivity index (χ4v) is 2.24. The Morgan fingerprint density at radius 2 is 1.86 bits per heavy atom. The number of rotatable bonds is 6. The molecule has 9 N–H and O–H groups in total. The van der Waals surface area contributed by atoms with E-state index in [-0.39, 0.29) is 34.8 Å². The Kier molecular flexibility index (Phi) is 6.33. The number of nitrogen functional groups attached to an aromatic ring is 2. The van der Waals surface area contributed by atoms with Gasteiger partial charge in [0.05, 0.1) is 11.9 Å². The van der Waals surface area contributed by atoms with Crippen LogP contribution in [0.15, 0.2) is 23.1 Å². The molecule has 0 radical (unpaired) electrons. The van der Waals surface area contributed by atoms with E-state index in [0.29, 0.717) is 0 Å². The Hall–Kier alpha value is -4.16. The average Bonchev–Trinajstić information content (AvgIpc) is 2.62. The second-order valence-electron chi connectivity index (χ2n) is 6.26. The number of nitrogens with two attached hydrogens (primary N) is 2. The molecule has 13 nitrogen and oxygen atoms in total. The molecule has 2 aromatic heterocycles. The normalized spacial score (nSPS) is 11.6. The van der Waals surface area contributed by atoms with Crippen molar-refractivity contribution < 1.29 is 19.5 Å². The number of hydrogen-bond donors (Lipinski definition) is 7. The average molecular weight is 404 g/mol. The molecule has 1 unspecified atom stereocenters. The number of carboxylic acid groups (broad SMARTS) is 1. The SMILES string of the molecule is CC(C)C(NC(=O)c1ccc(NC(=O)Nc2c(N)nc(N)[nH]c2=O)cn1)C(=O)O. The number of carbonyl (C=O) groups is 3. The number of H-pyrrole nitrogens is 1. The maximum absolute atomic E-state index is 12.1. The van der Waals surface area contributed by atoms with Crippen LogP contribution in [0.1, 0.15) is 24.3 Å². The molecule has 0 fully saturated rings. The van der Waals surface area contributed by atoms with Crippen molar-refractivity contribution in [2.75, 3.05) is 22.1 Å². The van der Waals surface area contributed by atoms with Gasteiger partial charge in [-0.25, -0.2) is 14.6 Å². The number of carbonyl (C=O) groups excluding carboxylic acids is 2. The summed E-state index contributed by atoms with van der Waals surface area (Å²) >= 11 is 0. The highest BCUT2D eigenvalue weighted by Gasteiger charge is 2.24. The van der Waals surface area contributed by atoms with E-state index in [1.54, 1.807) is 13.8 Å². The lowest BCUT2D eigenvalue weighted by atomic mass is 10.0. The first-order chi connectivity index (χ1) is 13.6. The largest absolute Gasteiger partial charge is 0.480 e. The molecule has 2 aromatic rings. The van der Waals surface area contributed by atoms with Crippen LogP contribution in [0.3, 0.4) is 0 Å². The van der Waals surface area contributed by atoms with Crippen molar-refractivity contribution in [3.8, 4) is 0 Å². The molecular formula is C16H20N8O5. The van der Waals surface area contributed by atoms with Crippen LogP contribution < -0.4 is 33.0 Å². The lowest BCUT2D eigenvalue weighted by Gasteiger charge is -2.17. The maximum Gasteiger partial charge on any atom is 0.326 e. The summed E-state index contributed by atoms with van der Waals surface area (Å²) in [4.78, 5) is 56.8. The van der Waals surface area contributed by atoms with E-state index < -0.39 is 29.5 Å². The van der Waals surface area contributed by atoms with Crippen LogP contribution in [0.4, 0.5) is 27.9 Å². The van der Waals surface area contributed by atoms with Gasteiger partial charge in [-0.05, 0) is 18.1 Å². The van der Waals surface area contributed by atoms with Crippen molar-refractivity contribution in [1.82, 2.24) is 20.3 Å². The molecule has 2 rings (SSSR count). The number of hydrogen-bond acceptors (Lipinski definition) is 8. The molecule has 3 amide bonds. The number of amides is 3. The van der Waals surface area contributed by atoms with Crippen LogP contribution in [0.5, 0.6) is 0 Å². The van der Waals surface area contributed by atoms with Crippen LogP contribution >= 0.6 is 0 Å². The van der Waals surface area contributed by atoms with Crippen molar-refractivity contribution in [2.24, 2.45) is 5.92 Å². The fraction of sp³-hybridized carbons (Fsp3) is 0.250. The molecule has 29 heavy (non-hydrogen) atoms. The lowest BCUT2D eigenvalue weighted by Crippen LogP contribution is -2.44. The third-order valence-corrected chi connectivity index (χ3v) is 3.68. The highest BCUT2D eigenvalue weighted by atomic mass is 16.4. The topological polar surface area (TPSA) is 218 Å². The summed E-state index contributed by atoms with van der Waals surface area (Å²) in [6.45, 7) is 3.32. The molecule has 0 saturated heterocycles. The Labute approximate surface area is 163 Å². The van der Waals surface area contributed by atoms with Crippen molar-refractivity contribution in [1.29, 1.82) is 0 Å². The van der Waals surface area contributed by atoms with Crippen LogP contribution in [-0.4, -0.2) is 44.0 Å². The van der Waals surface area contributed by atoms with E-state index in [4.69, 9.17) is 16.6 Å². The maximum atomic E-state index is 12.1. The first kappa shape index (κ1) is 21.1. The fourth-order valence-electron chi connectivity index (χ4n) is 2.24. The molecule has 0 bridgehead atoms. The Balaban J connectivity index is 2.03. The molecule has 0 aliphatic carbocycles. The minimum absolute atomic E-state index is 0.0359. The van der Waals surface area contributed by atoms with Gasteiger partial charge in [0.15, 0.2) is 11.5 Å². The summed E-state index contributed by atoms with van der Waals surface area (Å²) < 4.78 is 0. The van der Waals surface area contributed by atoms with Crippen LogP contribution in [-0.2, 0) is 4.79 Å². The number of aliphatic carboxylic acids is 1. The summed E-state index contributed by atoms with van der Waals surface area (Å²) in [5.74, 6) is -2.60. The Bertz CT molecular complexity index is 986. The van der Waals surface area contributed by atoms with Crippen molar-refractivity contribution >= 4 is 41.0 Å². The monoisotopic (exact) mass is 404 g/mol. The first-order valence-electron chi connectivity index (χ1n) is 8.31. The third-order valence-electron chi connectivity index (χ3n) is 3.68. The number of pyridine rings is 1. The number of aromatic amines is 1. The van der Waals surface area contributed by atoms with Crippen LogP contribution in [0.2, 0.25) is 0 Å². The van der Waals surface area contributed by atoms with Gasteiger partial charge in [0.25, 0.3) is 11.5 Å². The van der Waals surface area contributed by atoms with Crippen molar-refractivity contribution in [3.05, 3.63) is 34.4 Å². The van der Waals surface area contributed by atoms with Gasteiger partial charge in [-0.15, -0.1) is 0 Å². The Morgan fingerprint density at radius 1 is 1.17 bits per heavy atom. The van der Waals surface area contributed by atoms with E-state index in [0.717, 1.165) is 0 Å². The summed E-state index contributed by atoms with van der Waals surface area (Å²) in [5.41, 5.74) is 10.0. The van der Waals surface area contributed by atoms with E-state index in [1.807, 2.05) is 0 Å². The predicted molar refractivity (Wildman–Crippen MR) is 104 cm³/mol. The minimum Gasteiger partial charge on any atom is -0.480 e. The number of urea groups is 1. The van der Waals surface area contributed by atoms with Gasteiger partial charge in [0.1, 0.15) is 11.7 Å². The van der Waals surface area contributed by atoms with Gasteiger partial charge >= 0.3 is 12.0 Å². The highest BCUT2D eigenvalue weighted by Crippen LogP contribution is 2.12. The van der Waals surface area contributed by atoms with Gasteiger partial charge in [0.2, 0.25) is 5.95 Å². The van der Waals surface area contributed by atoms with E-state index in [1.165, 1.54) is 18.3 Å². The summed E-state index contributed by atoms with van der Waals surface area (Å²) in [7, 11) is 0. The summed E-state index contributed by atoms with van der Waals surface area (Å²) in [6.07, 6.45) is 1.19. The molecule has 0 saturated carbocycles. The van der Waals surface area contributed by atoms with Gasteiger partial charge in [0, 0.05) is 0 Å². The first-order valence-corrected chi connectivity index (χ1v) is 8.31. The zero-order valence-electron chi connectivity index (χ0n) is 15.5. The van der Waals surface area contributed by atoms with Crippen molar-refractivity contribution in [3.63, 3.8) is 0 Å². The molecule has 0 aliphatic heterocycles. The zero-order chi connectivity index (χ0) is 21.7. The standard InChI is InChI=1S/C16H20N8O5/c1-6(2)9(14(27)28)21-12(25)8-4-3-7(5-19-8)20-16(29)22-10-11(17)23-15(18)24-13(10)26/h3-6,9H,1-2H3,(H,21,25)(H,27,28)(H2,20,22,29)(H5,17,18,23,24,26). The quantitative estimate of drug-likeness (QED) is 0.339.